The first kappa shape index (κ1) is 34.9. The van der Waals surface area contributed by atoms with Gasteiger partial charge in [-0.15, -0.1) is 4.41 Å². The molecule has 0 spiro atoms. The SMILES string of the molecule is CC(C)C[C@@H](C(=O)NN(CCc1ccccn1)S(C)(=O)=O)[C@H](CC=Cc1ccccc1)C(=O)NO.CS(=O)(=O)O. The van der Waals surface area contributed by atoms with Gasteiger partial charge >= 0.3 is 0 Å². The molecule has 0 aliphatic heterocycles. The zero-order valence-corrected chi connectivity index (χ0v) is 24.6. The van der Waals surface area contributed by atoms with E-state index in [0.29, 0.717) is 24.8 Å². The molecule has 0 radical (unpaired) electrons. The van der Waals surface area contributed by atoms with E-state index in [4.69, 9.17) is 4.55 Å². The number of pyridine rings is 1. The Morgan fingerprint density at radius 1 is 0.975 bits per heavy atom. The molecule has 12 nitrogen and oxygen atoms in total. The van der Waals surface area contributed by atoms with Gasteiger partial charge in [-0.2, -0.15) is 8.42 Å². The maximum atomic E-state index is 13.3. The number of hydroxylamine groups is 1. The molecular weight excluding hydrogens is 560 g/mol. The van der Waals surface area contributed by atoms with Crippen molar-refractivity contribution in [1.82, 2.24) is 20.3 Å². The minimum atomic E-state index is -3.79. The highest BCUT2D eigenvalue weighted by Gasteiger charge is 2.35. The van der Waals surface area contributed by atoms with Crippen molar-refractivity contribution in [2.45, 2.75) is 33.1 Å². The molecule has 4 N–H and O–H groups in total. The third-order valence-corrected chi connectivity index (χ3v) is 6.50. The highest BCUT2D eigenvalue weighted by atomic mass is 32.2. The van der Waals surface area contributed by atoms with Gasteiger partial charge in [0, 0.05) is 24.9 Å². The average molecular weight is 599 g/mol. The van der Waals surface area contributed by atoms with Crippen LogP contribution in [0.3, 0.4) is 0 Å². The first-order valence-electron chi connectivity index (χ1n) is 12.4. The number of nitrogens with one attached hydrogen (secondary N) is 2. The Morgan fingerprint density at radius 3 is 2.08 bits per heavy atom. The quantitative estimate of drug-likeness (QED) is 0.153. The number of benzene rings is 1. The van der Waals surface area contributed by atoms with Crippen LogP contribution in [0.4, 0.5) is 0 Å². The number of carbonyl (C=O) groups excluding carboxylic acids is 2. The summed E-state index contributed by atoms with van der Waals surface area (Å²) in [5, 5.41) is 9.34. The van der Waals surface area contributed by atoms with Crippen LogP contribution in [0.1, 0.15) is 37.9 Å². The van der Waals surface area contributed by atoms with Crippen molar-refractivity contribution >= 4 is 38.0 Å². The zero-order chi connectivity index (χ0) is 30.3. The van der Waals surface area contributed by atoms with Crippen molar-refractivity contribution in [3.05, 3.63) is 72.1 Å². The van der Waals surface area contributed by atoms with Gasteiger partial charge in [-0.1, -0.05) is 62.4 Å². The van der Waals surface area contributed by atoms with Crippen molar-refractivity contribution in [3.8, 4) is 0 Å². The number of carbonyl (C=O) groups is 2. The number of allylic oxidation sites excluding steroid dienone is 1. The van der Waals surface area contributed by atoms with Gasteiger partial charge in [0.2, 0.25) is 21.8 Å². The number of hydrogen-bond acceptors (Lipinski definition) is 8. The summed E-state index contributed by atoms with van der Waals surface area (Å²) in [4.78, 5) is 30.1. The van der Waals surface area contributed by atoms with E-state index >= 15 is 0 Å². The second-order valence-electron chi connectivity index (χ2n) is 9.48. The number of hydrogen-bond donors (Lipinski definition) is 4. The van der Waals surface area contributed by atoms with Gasteiger partial charge in [0.05, 0.1) is 24.3 Å². The van der Waals surface area contributed by atoms with Crippen LogP contribution >= 0.6 is 0 Å². The number of sulfonamides is 1. The first-order chi connectivity index (χ1) is 18.6. The van der Waals surface area contributed by atoms with Crippen LogP contribution in [0.5, 0.6) is 0 Å². The van der Waals surface area contributed by atoms with Crippen molar-refractivity contribution < 1.29 is 36.2 Å². The summed E-state index contributed by atoms with van der Waals surface area (Å²) in [6.07, 6.45) is 7.72. The van der Waals surface area contributed by atoms with E-state index in [2.05, 4.69) is 10.4 Å². The number of amides is 2. The van der Waals surface area contributed by atoms with E-state index < -0.39 is 43.8 Å². The van der Waals surface area contributed by atoms with E-state index in [-0.39, 0.29) is 18.9 Å². The molecule has 222 valence electrons. The molecular formula is C26H38N4O8S2. The van der Waals surface area contributed by atoms with Crippen molar-refractivity contribution in [2.75, 3.05) is 19.1 Å². The van der Waals surface area contributed by atoms with Gasteiger partial charge in [0.15, 0.2) is 0 Å². The minimum Gasteiger partial charge on any atom is -0.289 e. The normalized spacial score (nSPS) is 13.4. The second kappa shape index (κ2) is 16.8. The lowest BCUT2D eigenvalue weighted by Crippen LogP contribution is -2.51. The molecule has 0 unspecified atom stereocenters. The Labute approximate surface area is 236 Å². The van der Waals surface area contributed by atoms with Gasteiger partial charge < -0.3 is 0 Å². The summed E-state index contributed by atoms with van der Waals surface area (Å²) < 4.78 is 51.5. The molecule has 0 aliphatic rings. The van der Waals surface area contributed by atoms with Crippen LogP contribution in [-0.2, 0) is 36.2 Å². The molecule has 0 aliphatic carbocycles. The summed E-state index contributed by atoms with van der Waals surface area (Å²) in [5.74, 6) is -3.05. The molecule has 0 saturated carbocycles. The van der Waals surface area contributed by atoms with Gasteiger partial charge in [-0.05, 0) is 36.5 Å². The monoisotopic (exact) mass is 598 g/mol. The lowest BCUT2D eigenvalue weighted by atomic mass is 9.82. The average Bonchev–Trinajstić information content (AvgIpc) is 2.87. The highest BCUT2D eigenvalue weighted by Crippen LogP contribution is 2.26. The minimum absolute atomic E-state index is 0.0131. The van der Waals surface area contributed by atoms with Crippen LogP contribution in [0, 0.1) is 17.8 Å². The molecule has 40 heavy (non-hydrogen) atoms. The lowest BCUT2D eigenvalue weighted by molar-refractivity contribution is -0.141. The fourth-order valence-corrected chi connectivity index (χ4v) is 4.37. The third kappa shape index (κ3) is 14.8. The van der Waals surface area contributed by atoms with Crippen LogP contribution < -0.4 is 10.9 Å². The summed E-state index contributed by atoms with van der Waals surface area (Å²) in [5.41, 5.74) is 5.76. The molecule has 0 fully saturated rings. The maximum absolute atomic E-state index is 13.3. The van der Waals surface area contributed by atoms with E-state index in [0.717, 1.165) is 16.2 Å². The lowest BCUT2D eigenvalue weighted by Gasteiger charge is -2.28. The number of nitrogens with zero attached hydrogens (tertiary/aromatic N) is 2. The zero-order valence-electron chi connectivity index (χ0n) is 23.0. The largest absolute Gasteiger partial charge is 0.289 e. The molecule has 0 saturated heterocycles. The molecule has 2 aromatic rings. The van der Waals surface area contributed by atoms with E-state index in [9.17, 15) is 31.6 Å². The Balaban J connectivity index is 0.00000146. The number of hydrazine groups is 1. The van der Waals surface area contributed by atoms with Gasteiger partial charge in [0.1, 0.15) is 0 Å². The molecule has 14 heteroatoms. The maximum Gasteiger partial charge on any atom is 0.261 e. The van der Waals surface area contributed by atoms with Crippen LogP contribution in [0.25, 0.3) is 6.08 Å². The van der Waals surface area contributed by atoms with Gasteiger partial charge in [0.25, 0.3) is 10.1 Å². The predicted octanol–water partition coefficient (Wildman–Crippen LogP) is 2.31. The summed E-state index contributed by atoms with van der Waals surface area (Å²) in [6, 6.07) is 14.8. The van der Waals surface area contributed by atoms with E-state index in [1.165, 1.54) is 0 Å². The van der Waals surface area contributed by atoms with E-state index in [1.807, 2.05) is 50.3 Å². The molecule has 2 amide bonds. The second-order valence-corrected chi connectivity index (χ2v) is 12.9. The predicted molar refractivity (Wildman–Crippen MR) is 152 cm³/mol. The molecule has 1 heterocycles. The number of aromatic nitrogens is 1. The van der Waals surface area contributed by atoms with Crippen molar-refractivity contribution in [2.24, 2.45) is 17.8 Å². The highest BCUT2D eigenvalue weighted by molar-refractivity contribution is 7.88. The summed E-state index contributed by atoms with van der Waals surface area (Å²) in [6.45, 7) is 3.80. The smallest absolute Gasteiger partial charge is 0.261 e. The van der Waals surface area contributed by atoms with Crippen molar-refractivity contribution in [1.29, 1.82) is 0 Å². The molecule has 2 atom stereocenters. The molecule has 0 bridgehead atoms. The summed E-state index contributed by atoms with van der Waals surface area (Å²) in [7, 11) is -7.45. The van der Waals surface area contributed by atoms with Gasteiger partial charge in [-0.3, -0.25) is 29.8 Å². The van der Waals surface area contributed by atoms with Crippen LogP contribution in [-0.4, -0.2) is 66.9 Å². The standard InChI is InChI=1S/C25H34N4O5S.CH4O3S/c1-19(2)18-23(22(25(31)28-32)14-9-12-20-10-5-4-6-11-20)24(30)27-29(35(3,33)34)17-15-21-13-7-8-16-26-21;1-5(2,3)4/h4-13,16,19,22-23,32H,14-15,17-18H2,1-3H3,(H,27,30)(H,28,31);1H3,(H,2,3,4)/t22-,23+;/m0./s1. The topological polar surface area (TPSA) is 183 Å². The Morgan fingerprint density at radius 2 is 1.57 bits per heavy atom. The van der Waals surface area contributed by atoms with Crippen LogP contribution in [0.15, 0.2) is 60.8 Å². The Bertz CT molecular complexity index is 1290. The molecule has 1 aromatic carbocycles. The van der Waals surface area contributed by atoms with E-state index in [1.54, 1.807) is 36.0 Å². The Kier molecular flexibility index (Phi) is 14.7. The van der Waals surface area contributed by atoms with Gasteiger partial charge in [-0.25, -0.2) is 13.9 Å². The molecule has 2 rings (SSSR count). The molecule has 1 aromatic heterocycles. The van der Waals surface area contributed by atoms with Crippen LogP contribution in [0.2, 0.25) is 0 Å². The Hall–Kier alpha value is -3.17. The third-order valence-electron chi connectivity index (χ3n) is 5.43. The first-order valence-corrected chi connectivity index (χ1v) is 16.1. The fraction of sp³-hybridized carbons (Fsp3) is 0.423. The fourth-order valence-electron chi connectivity index (χ4n) is 3.69. The van der Waals surface area contributed by atoms with Crippen molar-refractivity contribution in [3.63, 3.8) is 0 Å². The number of rotatable bonds is 13. The summed E-state index contributed by atoms with van der Waals surface area (Å²) >= 11 is 0.